The van der Waals surface area contributed by atoms with Crippen LogP contribution < -0.4 is 26.3 Å². The third-order valence-electron chi connectivity index (χ3n) is 8.76. The molecule has 0 unspecified atom stereocenters. The number of hydrogen-bond acceptors (Lipinski definition) is 8. The Kier molecular flexibility index (Phi) is 10.8. The second-order valence-corrected chi connectivity index (χ2v) is 13.3. The average Bonchev–Trinajstić information content (AvgIpc) is 3.75. The monoisotopic (exact) mass is 774 g/mol. The maximum absolute atomic E-state index is 12.7. The molecule has 4 aromatic heterocycles. The highest BCUT2D eigenvalue weighted by Crippen LogP contribution is 2.21. The predicted octanol–water partition coefficient (Wildman–Crippen LogP) is 6.65. The number of fused-ring (bicyclic) bond motifs is 4. The SMILES string of the molecule is N#Cc1c(CCCOc2ccc(Cl)cc2)[nH]n2c(=O)c3ccccc3nc12.NC(=O)c1c(CCCOc2ccc(Cl)cc2)[nH]n2c(=O)c3ccccc3nc12. The molecule has 0 saturated heterocycles. The number of ether oxygens (including phenoxy) is 2. The molecule has 8 rings (SSSR count). The van der Waals surface area contributed by atoms with Crippen LogP contribution in [0.15, 0.2) is 107 Å². The number of aromatic amines is 2. The molecule has 0 aliphatic carbocycles. The Morgan fingerprint density at radius 2 is 1.15 bits per heavy atom. The van der Waals surface area contributed by atoms with Crippen LogP contribution in [0.25, 0.3) is 33.1 Å². The zero-order valence-electron chi connectivity index (χ0n) is 29.1. The molecule has 0 saturated carbocycles. The highest BCUT2D eigenvalue weighted by atomic mass is 35.5. The molecule has 4 heterocycles. The van der Waals surface area contributed by atoms with Crippen molar-refractivity contribution in [2.75, 3.05) is 13.2 Å². The first kappa shape index (κ1) is 36.7. The van der Waals surface area contributed by atoms with Gasteiger partial charge in [0.2, 0.25) is 0 Å². The van der Waals surface area contributed by atoms with E-state index in [-0.39, 0.29) is 22.3 Å². The standard InChI is InChI=1S/C20H17ClN4O3.C20H15ClN4O2/c21-12-7-9-13(10-8-12)28-11-3-6-16-17(18(22)26)19-23-15-5-2-1-4-14(15)20(27)25(19)24-16;21-13-7-9-14(10-8-13)27-11-3-6-18-16(12-22)19-23-17-5-2-1-4-15(17)20(26)25(19)24-18/h1-2,4-5,7-10,24H,3,6,11H2,(H2,22,26);1-2,4-5,7-10,24H,3,6,11H2. The summed E-state index contributed by atoms with van der Waals surface area (Å²) in [6.45, 7) is 0.908. The van der Waals surface area contributed by atoms with Crippen LogP contribution >= 0.6 is 23.2 Å². The summed E-state index contributed by atoms with van der Waals surface area (Å²) >= 11 is 11.7. The van der Waals surface area contributed by atoms with Crippen molar-refractivity contribution in [3.63, 3.8) is 0 Å². The lowest BCUT2D eigenvalue weighted by atomic mass is 10.1. The van der Waals surface area contributed by atoms with Crippen molar-refractivity contribution in [2.45, 2.75) is 25.7 Å². The van der Waals surface area contributed by atoms with E-state index in [1.807, 2.05) is 6.07 Å². The highest BCUT2D eigenvalue weighted by Gasteiger charge is 2.20. The van der Waals surface area contributed by atoms with E-state index in [1.54, 1.807) is 91.0 Å². The Bertz CT molecular complexity index is 2840. The van der Waals surface area contributed by atoms with Crippen molar-refractivity contribution in [1.82, 2.24) is 29.2 Å². The van der Waals surface area contributed by atoms with E-state index in [4.69, 9.17) is 38.4 Å². The highest BCUT2D eigenvalue weighted by molar-refractivity contribution is 6.30. The second-order valence-electron chi connectivity index (χ2n) is 12.4. The number of rotatable bonds is 11. The number of H-pyrrole nitrogens is 2. The number of carbonyl (C=O) groups excluding carboxylic acids is 1. The van der Waals surface area contributed by atoms with Gasteiger partial charge < -0.3 is 15.2 Å². The van der Waals surface area contributed by atoms with Gasteiger partial charge in [-0.1, -0.05) is 47.5 Å². The fraction of sp³-hybridized carbons (Fsp3) is 0.150. The molecule has 0 fully saturated rings. The van der Waals surface area contributed by atoms with Gasteiger partial charge in [0.05, 0.1) is 40.7 Å². The number of aryl methyl sites for hydroxylation is 2. The molecular formula is C40H32Cl2N8O5. The van der Waals surface area contributed by atoms with Crippen LogP contribution in [0.3, 0.4) is 0 Å². The lowest BCUT2D eigenvalue weighted by molar-refractivity contribution is 0.100. The number of nitrogens with zero attached hydrogens (tertiary/aromatic N) is 5. The molecular weight excluding hydrogens is 743 g/mol. The fourth-order valence-corrected chi connectivity index (χ4v) is 6.39. The minimum absolute atomic E-state index is 0.212. The summed E-state index contributed by atoms with van der Waals surface area (Å²) in [6, 6.07) is 30.5. The minimum atomic E-state index is -0.630. The summed E-state index contributed by atoms with van der Waals surface area (Å²) < 4.78 is 14.0. The number of aromatic nitrogens is 6. The molecule has 8 aromatic rings. The molecule has 0 aliphatic rings. The van der Waals surface area contributed by atoms with Gasteiger partial charge in [-0.05, 0) is 98.5 Å². The largest absolute Gasteiger partial charge is 0.494 e. The van der Waals surface area contributed by atoms with Crippen LogP contribution in [0.5, 0.6) is 11.5 Å². The van der Waals surface area contributed by atoms with Gasteiger partial charge in [0.25, 0.3) is 17.0 Å². The Labute approximate surface area is 322 Å². The fourth-order valence-electron chi connectivity index (χ4n) is 6.14. The van der Waals surface area contributed by atoms with Crippen molar-refractivity contribution in [3.05, 3.63) is 150 Å². The van der Waals surface area contributed by atoms with Gasteiger partial charge >= 0.3 is 0 Å². The molecule has 15 heteroatoms. The summed E-state index contributed by atoms with van der Waals surface area (Å²) in [5.74, 6) is 0.815. The number of nitrogens with two attached hydrogens (primary N) is 1. The van der Waals surface area contributed by atoms with Crippen molar-refractivity contribution in [2.24, 2.45) is 5.73 Å². The van der Waals surface area contributed by atoms with Crippen LogP contribution in [0, 0.1) is 11.3 Å². The quantitative estimate of drug-likeness (QED) is 0.122. The van der Waals surface area contributed by atoms with Crippen LogP contribution in [-0.2, 0) is 12.8 Å². The maximum atomic E-state index is 12.7. The second kappa shape index (κ2) is 16.2. The number of nitriles is 1. The number of halogens is 2. The molecule has 4 N–H and O–H groups in total. The third kappa shape index (κ3) is 7.87. The van der Waals surface area contributed by atoms with E-state index in [0.717, 1.165) is 5.75 Å². The Morgan fingerprint density at radius 3 is 1.65 bits per heavy atom. The van der Waals surface area contributed by atoms with E-state index in [1.165, 1.54) is 9.03 Å². The van der Waals surface area contributed by atoms with E-state index < -0.39 is 5.91 Å². The lowest BCUT2D eigenvalue weighted by Crippen LogP contribution is -2.17. The van der Waals surface area contributed by atoms with E-state index in [0.29, 0.717) is 99.1 Å². The summed E-state index contributed by atoms with van der Waals surface area (Å²) in [5.41, 5.74) is 8.65. The van der Waals surface area contributed by atoms with Crippen LogP contribution in [0.4, 0.5) is 0 Å². The van der Waals surface area contributed by atoms with Crippen molar-refractivity contribution < 1.29 is 14.3 Å². The van der Waals surface area contributed by atoms with E-state index in [2.05, 4.69) is 26.2 Å². The molecule has 0 spiro atoms. The molecule has 4 aromatic carbocycles. The lowest BCUT2D eigenvalue weighted by Gasteiger charge is -2.06. The first-order valence-corrected chi connectivity index (χ1v) is 18.0. The normalized spacial score (nSPS) is 11.1. The summed E-state index contributed by atoms with van der Waals surface area (Å²) in [5, 5.41) is 17.8. The van der Waals surface area contributed by atoms with Gasteiger partial charge in [0.15, 0.2) is 11.3 Å². The van der Waals surface area contributed by atoms with Crippen LogP contribution in [0.1, 0.15) is 40.2 Å². The molecule has 0 bridgehead atoms. The van der Waals surface area contributed by atoms with Gasteiger partial charge in [-0.3, -0.25) is 24.6 Å². The molecule has 13 nitrogen and oxygen atoms in total. The molecule has 1 amide bonds. The van der Waals surface area contributed by atoms with Gasteiger partial charge in [0, 0.05) is 15.7 Å². The zero-order chi connectivity index (χ0) is 38.5. The van der Waals surface area contributed by atoms with Crippen molar-refractivity contribution >= 4 is 62.2 Å². The molecule has 0 atom stereocenters. The number of carbonyl (C=O) groups is 1. The number of benzene rings is 4. The molecule has 0 aliphatic heterocycles. The van der Waals surface area contributed by atoms with Gasteiger partial charge in [-0.25, -0.2) is 14.5 Å². The number of nitrogens with one attached hydrogen (secondary N) is 2. The summed E-state index contributed by atoms with van der Waals surface area (Å²) in [6.07, 6.45) is 2.34. The summed E-state index contributed by atoms with van der Waals surface area (Å²) in [4.78, 5) is 46.3. The predicted molar refractivity (Wildman–Crippen MR) is 210 cm³/mol. The number of primary amides is 1. The minimum Gasteiger partial charge on any atom is -0.494 e. The van der Waals surface area contributed by atoms with Crippen molar-refractivity contribution in [3.8, 4) is 17.6 Å². The van der Waals surface area contributed by atoms with Gasteiger partial charge in [0.1, 0.15) is 28.7 Å². The van der Waals surface area contributed by atoms with Gasteiger partial charge in [-0.2, -0.15) is 9.78 Å². The maximum Gasteiger partial charge on any atom is 0.280 e. The first-order chi connectivity index (χ1) is 26.7. The number of para-hydroxylation sites is 2. The topological polar surface area (TPSA) is 186 Å². The zero-order valence-corrected chi connectivity index (χ0v) is 30.6. The number of hydrogen-bond donors (Lipinski definition) is 3. The van der Waals surface area contributed by atoms with E-state index >= 15 is 0 Å². The molecule has 55 heavy (non-hydrogen) atoms. The molecule has 0 radical (unpaired) electrons. The third-order valence-corrected chi connectivity index (χ3v) is 9.26. The number of amides is 1. The first-order valence-electron chi connectivity index (χ1n) is 17.2. The van der Waals surface area contributed by atoms with Crippen molar-refractivity contribution in [1.29, 1.82) is 5.26 Å². The molecule has 276 valence electrons. The smallest absolute Gasteiger partial charge is 0.280 e. The van der Waals surface area contributed by atoms with Crippen LogP contribution in [-0.4, -0.2) is 48.3 Å². The Balaban J connectivity index is 0.000000169. The van der Waals surface area contributed by atoms with Crippen LogP contribution in [0.2, 0.25) is 10.0 Å². The van der Waals surface area contributed by atoms with E-state index in [9.17, 15) is 19.6 Å². The average molecular weight is 776 g/mol. The Morgan fingerprint density at radius 1 is 0.691 bits per heavy atom. The van der Waals surface area contributed by atoms with Gasteiger partial charge in [-0.15, -0.1) is 0 Å². The summed E-state index contributed by atoms with van der Waals surface area (Å²) in [7, 11) is 0. The Hall–Kier alpha value is -6.62.